The van der Waals surface area contributed by atoms with Crippen LogP contribution >= 0.6 is 11.3 Å². The van der Waals surface area contributed by atoms with Crippen molar-refractivity contribution >= 4 is 16.5 Å². The number of hydrogen-bond acceptors (Lipinski definition) is 7. The Morgan fingerprint density at radius 2 is 2.54 bits per heavy atom. The summed E-state index contributed by atoms with van der Waals surface area (Å²) in [6.45, 7) is 0.731. The van der Waals surface area contributed by atoms with E-state index < -0.39 is 0 Å². The van der Waals surface area contributed by atoms with E-state index in [9.17, 15) is 0 Å². The molecule has 0 unspecified atom stereocenters. The van der Waals surface area contributed by atoms with E-state index in [0.29, 0.717) is 5.82 Å². The van der Waals surface area contributed by atoms with E-state index in [2.05, 4.69) is 30.2 Å². The Hall–Kier alpha value is -1.50. The zero-order valence-electron chi connectivity index (χ0n) is 6.67. The summed E-state index contributed by atoms with van der Waals surface area (Å²) in [4.78, 5) is 3.88. The molecule has 2 aromatic rings. The van der Waals surface area contributed by atoms with Gasteiger partial charge in [-0.05, 0) is 0 Å². The lowest BCUT2D eigenvalue weighted by molar-refractivity contribution is 0.410. The van der Waals surface area contributed by atoms with E-state index in [4.69, 9.17) is 0 Å². The van der Waals surface area contributed by atoms with Crippen LogP contribution < -0.4 is 5.32 Å². The Morgan fingerprint density at radius 1 is 1.54 bits per heavy atom. The largest absolute Gasteiger partial charge is 0.360 e. The lowest BCUT2D eigenvalue weighted by Gasteiger charge is -1.96. The van der Waals surface area contributed by atoms with Crippen LogP contribution in [0.2, 0.25) is 0 Å². The first-order valence-corrected chi connectivity index (χ1v) is 4.58. The Bertz CT molecular complexity index is 298. The molecule has 0 saturated heterocycles. The van der Waals surface area contributed by atoms with Gasteiger partial charge in [0.15, 0.2) is 5.82 Å². The van der Waals surface area contributed by atoms with Crippen LogP contribution in [0.3, 0.4) is 0 Å². The molecule has 2 heterocycles. The van der Waals surface area contributed by atoms with Gasteiger partial charge in [0.2, 0.25) is 11.5 Å². The minimum atomic E-state index is 0.692. The standard InChI is InChI=1S/C6H7N5OS/c1(5-8-3-12-11-5)2-7-6-10-9-4-13-6/h3-4H,1-2H2,(H,7,10). The summed E-state index contributed by atoms with van der Waals surface area (Å²) in [7, 11) is 0. The highest BCUT2D eigenvalue weighted by atomic mass is 32.1. The predicted octanol–water partition coefficient (Wildman–Crippen LogP) is 0.576. The molecule has 0 atom stereocenters. The van der Waals surface area contributed by atoms with E-state index >= 15 is 0 Å². The van der Waals surface area contributed by atoms with Crippen LogP contribution in [0.25, 0.3) is 0 Å². The van der Waals surface area contributed by atoms with E-state index in [0.717, 1.165) is 18.1 Å². The van der Waals surface area contributed by atoms with Crippen LogP contribution in [-0.2, 0) is 6.42 Å². The molecule has 0 aliphatic heterocycles. The van der Waals surface area contributed by atoms with Crippen molar-refractivity contribution in [3.8, 4) is 0 Å². The normalized spacial score (nSPS) is 10.2. The molecule has 2 aromatic heterocycles. The van der Waals surface area contributed by atoms with Gasteiger partial charge in [-0.15, -0.1) is 10.2 Å². The van der Waals surface area contributed by atoms with Gasteiger partial charge in [0, 0.05) is 13.0 Å². The zero-order chi connectivity index (χ0) is 8.93. The highest BCUT2D eigenvalue weighted by molar-refractivity contribution is 7.13. The second-order valence-corrected chi connectivity index (χ2v) is 3.10. The van der Waals surface area contributed by atoms with Crippen molar-refractivity contribution in [2.45, 2.75) is 6.42 Å². The van der Waals surface area contributed by atoms with Crippen LogP contribution in [0.4, 0.5) is 5.13 Å². The van der Waals surface area contributed by atoms with Crippen molar-refractivity contribution < 1.29 is 4.52 Å². The van der Waals surface area contributed by atoms with Crippen LogP contribution in [0, 0.1) is 0 Å². The highest BCUT2D eigenvalue weighted by Gasteiger charge is 1.98. The van der Waals surface area contributed by atoms with Crippen molar-refractivity contribution in [3.05, 3.63) is 17.7 Å². The number of anilines is 1. The fourth-order valence-corrected chi connectivity index (χ4v) is 1.31. The van der Waals surface area contributed by atoms with Crippen LogP contribution in [0.1, 0.15) is 5.82 Å². The molecule has 68 valence electrons. The Balaban J connectivity index is 1.76. The maximum Gasteiger partial charge on any atom is 0.213 e. The molecule has 1 N–H and O–H groups in total. The predicted molar refractivity (Wildman–Crippen MR) is 46.4 cm³/mol. The molecule has 0 spiro atoms. The molecule has 7 heteroatoms. The molecular weight excluding hydrogens is 190 g/mol. The summed E-state index contributed by atoms with van der Waals surface area (Å²) < 4.78 is 4.59. The van der Waals surface area contributed by atoms with Gasteiger partial charge < -0.3 is 9.84 Å². The average molecular weight is 197 g/mol. The summed E-state index contributed by atoms with van der Waals surface area (Å²) in [5.41, 5.74) is 1.68. The van der Waals surface area contributed by atoms with Crippen molar-refractivity contribution in [2.75, 3.05) is 11.9 Å². The number of hydrogen-bond donors (Lipinski definition) is 1. The van der Waals surface area contributed by atoms with Gasteiger partial charge in [-0.3, -0.25) is 0 Å². The Kier molecular flexibility index (Phi) is 2.46. The SMILES string of the molecule is c1nc(CCNc2nncs2)no1. The molecule has 0 saturated carbocycles. The number of nitrogens with zero attached hydrogens (tertiary/aromatic N) is 4. The Morgan fingerprint density at radius 3 is 3.23 bits per heavy atom. The maximum absolute atomic E-state index is 4.59. The van der Waals surface area contributed by atoms with Gasteiger partial charge in [0.05, 0.1) is 0 Å². The molecule has 13 heavy (non-hydrogen) atoms. The molecule has 2 rings (SSSR count). The van der Waals surface area contributed by atoms with E-state index in [-0.39, 0.29) is 0 Å². The summed E-state index contributed by atoms with van der Waals surface area (Å²) >= 11 is 1.46. The second kappa shape index (κ2) is 3.94. The maximum atomic E-state index is 4.59. The first kappa shape index (κ1) is 8.11. The molecule has 6 nitrogen and oxygen atoms in total. The van der Waals surface area contributed by atoms with Gasteiger partial charge in [0.25, 0.3) is 0 Å². The fraction of sp³-hybridized carbons (Fsp3) is 0.333. The monoisotopic (exact) mass is 197 g/mol. The molecule has 0 radical (unpaired) electrons. The van der Waals surface area contributed by atoms with Gasteiger partial charge in [0.1, 0.15) is 5.51 Å². The highest BCUT2D eigenvalue weighted by Crippen LogP contribution is 2.07. The van der Waals surface area contributed by atoms with Crippen LogP contribution in [0.15, 0.2) is 16.4 Å². The quantitative estimate of drug-likeness (QED) is 0.772. The molecule has 0 aliphatic carbocycles. The third-order valence-corrected chi connectivity index (χ3v) is 2.04. The van der Waals surface area contributed by atoms with Crippen LogP contribution in [-0.4, -0.2) is 26.9 Å². The summed E-state index contributed by atoms with van der Waals surface area (Å²) in [6, 6.07) is 0. The molecule has 0 bridgehead atoms. The molecule has 0 aromatic carbocycles. The fourth-order valence-electron chi connectivity index (χ4n) is 0.834. The molecule has 0 amide bonds. The van der Waals surface area contributed by atoms with Gasteiger partial charge in [-0.2, -0.15) is 4.98 Å². The topological polar surface area (TPSA) is 76.7 Å². The molecule has 0 fully saturated rings. The first-order valence-electron chi connectivity index (χ1n) is 3.70. The zero-order valence-corrected chi connectivity index (χ0v) is 7.49. The number of rotatable bonds is 4. The summed E-state index contributed by atoms with van der Waals surface area (Å²) in [5, 5.41) is 15.1. The Labute approximate surface area is 78.0 Å². The van der Waals surface area contributed by atoms with E-state index in [1.165, 1.54) is 17.7 Å². The second-order valence-electron chi connectivity index (χ2n) is 2.27. The van der Waals surface area contributed by atoms with Crippen molar-refractivity contribution in [3.63, 3.8) is 0 Å². The minimum absolute atomic E-state index is 0.692. The molecule has 0 aliphatic rings. The van der Waals surface area contributed by atoms with Gasteiger partial charge in [-0.1, -0.05) is 16.5 Å². The number of aromatic nitrogens is 4. The number of nitrogens with one attached hydrogen (secondary N) is 1. The third kappa shape index (κ3) is 2.22. The van der Waals surface area contributed by atoms with Crippen molar-refractivity contribution in [1.82, 2.24) is 20.3 Å². The van der Waals surface area contributed by atoms with Crippen LogP contribution in [0.5, 0.6) is 0 Å². The minimum Gasteiger partial charge on any atom is -0.360 e. The summed E-state index contributed by atoms with van der Waals surface area (Å²) in [6.07, 6.45) is 2.04. The molecular formula is C6H7N5OS. The average Bonchev–Trinajstić information content (AvgIpc) is 2.75. The smallest absolute Gasteiger partial charge is 0.213 e. The lowest BCUT2D eigenvalue weighted by Crippen LogP contribution is -2.05. The van der Waals surface area contributed by atoms with E-state index in [1.54, 1.807) is 5.51 Å². The third-order valence-electron chi connectivity index (χ3n) is 1.39. The van der Waals surface area contributed by atoms with Crippen molar-refractivity contribution in [2.24, 2.45) is 0 Å². The van der Waals surface area contributed by atoms with Crippen molar-refractivity contribution in [1.29, 1.82) is 0 Å². The van der Waals surface area contributed by atoms with Gasteiger partial charge in [-0.25, -0.2) is 0 Å². The summed E-state index contributed by atoms with van der Waals surface area (Å²) in [5.74, 6) is 0.692. The first-order chi connectivity index (χ1) is 6.45. The van der Waals surface area contributed by atoms with E-state index in [1.807, 2.05) is 0 Å². The lowest BCUT2D eigenvalue weighted by atomic mass is 10.4. The van der Waals surface area contributed by atoms with Gasteiger partial charge >= 0.3 is 0 Å².